The molecule has 1 aromatic rings. The van der Waals surface area contributed by atoms with Crippen molar-refractivity contribution >= 4 is 6.16 Å². The van der Waals surface area contributed by atoms with Crippen LogP contribution >= 0.6 is 0 Å². The molecule has 0 N–H and O–H groups in total. The van der Waals surface area contributed by atoms with Crippen molar-refractivity contribution in [2.24, 2.45) is 0 Å². The van der Waals surface area contributed by atoms with E-state index >= 15 is 0 Å². The summed E-state index contributed by atoms with van der Waals surface area (Å²) in [6.45, 7) is -0.720. The molecule has 0 aromatic heterocycles. The van der Waals surface area contributed by atoms with Gasteiger partial charge in [0.05, 0.1) is 0 Å². The van der Waals surface area contributed by atoms with Crippen molar-refractivity contribution in [3.8, 4) is 5.75 Å². The first-order chi connectivity index (χ1) is 7.18. The molecule has 0 aliphatic rings. The second-order valence-corrected chi connectivity index (χ2v) is 2.57. The summed E-state index contributed by atoms with van der Waals surface area (Å²) in [4.78, 5) is 20.3. The summed E-state index contributed by atoms with van der Waals surface area (Å²) in [5.74, 6) is 0.337. The van der Waals surface area contributed by atoms with Crippen LogP contribution in [-0.4, -0.2) is 24.2 Å². The van der Waals surface area contributed by atoms with Gasteiger partial charge in [0, 0.05) is 4.92 Å². The summed E-state index contributed by atoms with van der Waals surface area (Å²) < 4.78 is 9.17. The van der Waals surface area contributed by atoms with Gasteiger partial charge in [0.15, 0.2) is 6.61 Å². The molecule has 0 saturated heterocycles. The summed E-state index contributed by atoms with van der Waals surface area (Å²) in [5.41, 5.74) is 0. The Balaban J connectivity index is 2.28. The Morgan fingerprint density at radius 3 is 2.60 bits per heavy atom. The first kappa shape index (κ1) is 11.0. The van der Waals surface area contributed by atoms with Crippen molar-refractivity contribution in [1.29, 1.82) is 0 Å². The van der Waals surface area contributed by atoms with Gasteiger partial charge < -0.3 is 9.47 Å². The molecule has 0 amide bonds. The molecule has 0 saturated carbocycles. The Kier molecular flexibility index (Phi) is 4.08. The van der Waals surface area contributed by atoms with E-state index in [4.69, 9.17) is 4.74 Å². The molecule has 0 spiro atoms. The first-order valence-corrected chi connectivity index (χ1v) is 4.20. The van der Waals surface area contributed by atoms with Crippen LogP contribution in [0.15, 0.2) is 30.3 Å². The predicted molar refractivity (Wildman–Crippen MR) is 50.3 cm³/mol. The van der Waals surface area contributed by atoms with Crippen LogP contribution < -0.4 is 4.74 Å². The maximum atomic E-state index is 10.9. The highest BCUT2D eigenvalue weighted by atomic mass is 16.7. The zero-order chi connectivity index (χ0) is 11.1. The van der Waals surface area contributed by atoms with Gasteiger partial charge in [-0.1, -0.05) is 18.2 Å². The normalized spacial score (nSPS) is 9.33. The quantitative estimate of drug-likeness (QED) is 0.326. The maximum Gasteiger partial charge on any atom is 0.514 e. The molecule has 6 nitrogen and oxygen atoms in total. The van der Waals surface area contributed by atoms with E-state index in [1.165, 1.54) is 0 Å². The molecule has 80 valence electrons. The van der Waals surface area contributed by atoms with E-state index in [1.807, 2.05) is 0 Å². The van der Waals surface area contributed by atoms with Gasteiger partial charge in [-0.3, -0.25) is 10.1 Å². The van der Waals surface area contributed by atoms with E-state index < -0.39 is 17.6 Å². The van der Waals surface area contributed by atoms with Gasteiger partial charge in [-0.2, -0.15) is 0 Å². The third-order valence-corrected chi connectivity index (χ3v) is 1.44. The van der Waals surface area contributed by atoms with Gasteiger partial charge in [0.1, 0.15) is 5.75 Å². The fourth-order valence-electron chi connectivity index (χ4n) is 0.818. The highest BCUT2D eigenvalue weighted by Gasteiger charge is 2.07. The third kappa shape index (κ3) is 4.61. The molecule has 1 aromatic carbocycles. The van der Waals surface area contributed by atoms with E-state index in [2.05, 4.69) is 4.74 Å². The lowest BCUT2D eigenvalue weighted by Crippen LogP contribution is -2.16. The molecule has 0 heterocycles. The van der Waals surface area contributed by atoms with E-state index in [1.54, 1.807) is 30.3 Å². The summed E-state index contributed by atoms with van der Waals surface area (Å²) in [6, 6.07) is 8.31. The molecular formula is C9H9NO5. The van der Waals surface area contributed by atoms with Crippen LogP contribution in [0.5, 0.6) is 5.75 Å². The minimum absolute atomic E-state index is 0.293. The van der Waals surface area contributed by atoms with Crippen LogP contribution in [0.25, 0.3) is 0 Å². The molecule has 15 heavy (non-hydrogen) atoms. The molecule has 0 radical (unpaired) electrons. The van der Waals surface area contributed by atoms with Gasteiger partial charge in [0.2, 0.25) is 6.54 Å². The van der Waals surface area contributed by atoms with Gasteiger partial charge >= 0.3 is 6.16 Å². The van der Waals surface area contributed by atoms with Crippen molar-refractivity contribution in [2.45, 2.75) is 0 Å². The molecule has 0 fully saturated rings. The first-order valence-electron chi connectivity index (χ1n) is 4.20. The number of ether oxygens (including phenoxy) is 2. The van der Waals surface area contributed by atoms with Crippen molar-refractivity contribution in [2.75, 3.05) is 13.2 Å². The Bertz CT molecular complexity index is 338. The zero-order valence-electron chi connectivity index (χ0n) is 7.79. The number of benzene rings is 1. The van der Waals surface area contributed by atoms with E-state index in [0.717, 1.165) is 0 Å². The SMILES string of the molecule is O=C(OCC[N+](=O)[O-])Oc1ccccc1. The largest absolute Gasteiger partial charge is 0.514 e. The molecule has 0 aliphatic carbocycles. The maximum absolute atomic E-state index is 10.9. The number of carbonyl (C=O) groups is 1. The number of para-hydroxylation sites is 1. The van der Waals surface area contributed by atoms with Crippen LogP contribution in [0.4, 0.5) is 4.79 Å². The number of rotatable bonds is 4. The summed E-state index contributed by atoms with van der Waals surface area (Å²) in [5, 5.41) is 9.91. The third-order valence-electron chi connectivity index (χ3n) is 1.44. The fraction of sp³-hybridized carbons (Fsp3) is 0.222. The topological polar surface area (TPSA) is 78.7 Å². The number of hydrogen-bond donors (Lipinski definition) is 0. The standard InChI is InChI=1S/C9H9NO5/c11-9(14-7-6-10(12)13)15-8-4-2-1-3-5-8/h1-5H,6-7H2. The Morgan fingerprint density at radius 1 is 1.33 bits per heavy atom. The zero-order valence-corrected chi connectivity index (χ0v) is 7.79. The lowest BCUT2D eigenvalue weighted by atomic mass is 10.3. The fourth-order valence-corrected chi connectivity index (χ4v) is 0.818. The van der Waals surface area contributed by atoms with Gasteiger partial charge in [-0.15, -0.1) is 0 Å². The Hall–Kier alpha value is -2.11. The van der Waals surface area contributed by atoms with Crippen molar-refractivity contribution in [3.05, 3.63) is 40.4 Å². The molecule has 0 aliphatic heterocycles. The number of hydrogen-bond acceptors (Lipinski definition) is 5. The van der Waals surface area contributed by atoms with Gasteiger partial charge in [-0.25, -0.2) is 4.79 Å². The van der Waals surface area contributed by atoms with Crippen LogP contribution in [0.2, 0.25) is 0 Å². The Morgan fingerprint density at radius 2 is 2.00 bits per heavy atom. The molecule has 1 rings (SSSR count). The van der Waals surface area contributed by atoms with E-state index in [-0.39, 0.29) is 6.61 Å². The van der Waals surface area contributed by atoms with Crippen LogP contribution in [0.1, 0.15) is 0 Å². The summed E-state index contributed by atoms with van der Waals surface area (Å²) >= 11 is 0. The Labute approximate surface area is 85.6 Å². The van der Waals surface area contributed by atoms with E-state index in [9.17, 15) is 14.9 Å². The molecule has 0 atom stereocenters. The monoisotopic (exact) mass is 211 g/mol. The number of nitro groups is 1. The van der Waals surface area contributed by atoms with Crippen LogP contribution in [0, 0.1) is 10.1 Å². The molecule has 0 bridgehead atoms. The number of nitrogens with zero attached hydrogens (tertiary/aromatic N) is 1. The highest BCUT2D eigenvalue weighted by Crippen LogP contribution is 2.08. The average Bonchev–Trinajstić information content (AvgIpc) is 2.18. The van der Waals surface area contributed by atoms with Crippen molar-refractivity contribution in [3.63, 3.8) is 0 Å². The van der Waals surface area contributed by atoms with Crippen molar-refractivity contribution < 1.29 is 19.2 Å². The molecule has 0 unspecified atom stereocenters. The minimum atomic E-state index is -0.942. The number of carbonyl (C=O) groups excluding carboxylic acids is 1. The second-order valence-electron chi connectivity index (χ2n) is 2.57. The van der Waals surface area contributed by atoms with Crippen LogP contribution in [-0.2, 0) is 4.74 Å². The smallest absolute Gasteiger partial charge is 0.427 e. The van der Waals surface area contributed by atoms with E-state index in [0.29, 0.717) is 5.75 Å². The molecular weight excluding hydrogens is 202 g/mol. The predicted octanol–water partition coefficient (Wildman–Crippen LogP) is 1.48. The minimum Gasteiger partial charge on any atom is -0.427 e. The van der Waals surface area contributed by atoms with Crippen LogP contribution in [0.3, 0.4) is 0 Å². The van der Waals surface area contributed by atoms with Gasteiger partial charge in [-0.05, 0) is 12.1 Å². The lowest BCUT2D eigenvalue weighted by Gasteiger charge is -2.03. The summed E-state index contributed by atoms with van der Waals surface area (Å²) in [7, 11) is 0. The highest BCUT2D eigenvalue weighted by molar-refractivity contribution is 5.63. The molecule has 6 heteroatoms. The lowest BCUT2D eigenvalue weighted by molar-refractivity contribution is -0.482. The van der Waals surface area contributed by atoms with Crippen molar-refractivity contribution in [1.82, 2.24) is 0 Å². The van der Waals surface area contributed by atoms with Gasteiger partial charge in [0.25, 0.3) is 0 Å². The second kappa shape index (κ2) is 5.58. The summed E-state index contributed by atoms with van der Waals surface area (Å²) in [6.07, 6.45) is -0.942. The average molecular weight is 211 g/mol.